The molecule has 1 nitrogen and oxygen atoms in total. The summed E-state index contributed by atoms with van der Waals surface area (Å²) in [6.07, 6.45) is 0.742. The van der Waals surface area contributed by atoms with E-state index in [1.807, 2.05) is 6.07 Å². The molecule has 0 spiro atoms. The Balaban J connectivity index is 2.32. The molecular weight excluding hydrogens is 397 g/mol. The lowest BCUT2D eigenvalue weighted by molar-refractivity contribution is 0.544. The van der Waals surface area contributed by atoms with E-state index in [2.05, 4.69) is 69.2 Å². The first kappa shape index (κ1) is 16.7. The van der Waals surface area contributed by atoms with E-state index in [9.17, 15) is 4.39 Å². The van der Waals surface area contributed by atoms with Gasteiger partial charge in [-0.15, -0.1) is 0 Å². The van der Waals surface area contributed by atoms with Crippen molar-refractivity contribution < 1.29 is 4.39 Å². The van der Waals surface area contributed by atoms with Crippen LogP contribution in [0.4, 0.5) is 4.39 Å². The monoisotopic (exact) mass is 413 g/mol. The quantitative estimate of drug-likeness (QED) is 0.675. The standard InChI is InChI=1S/C17H18Br2FN/c1-3-21-16(15-6-4-5-11(2)17(15)19)9-12-7-13(18)10-14(20)8-12/h4-8,10,16,21H,3,9H2,1-2H3. The number of nitrogens with one attached hydrogen (secondary N) is 1. The third kappa shape index (κ3) is 4.38. The zero-order chi connectivity index (χ0) is 15.4. The molecule has 0 saturated carbocycles. The number of aryl methyl sites for hydroxylation is 1. The number of hydrogen-bond acceptors (Lipinski definition) is 1. The highest BCUT2D eigenvalue weighted by molar-refractivity contribution is 9.10. The molecule has 0 aliphatic rings. The van der Waals surface area contributed by atoms with Gasteiger partial charge in [0.1, 0.15) is 5.82 Å². The summed E-state index contributed by atoms with van der Waals surface area (Å²) in [7, 11) is 0. The van der Waals surface area contributed by atoms with Crippen LogP contribution in [0, 0.1) is 12.7 Å². The van der Waals surface area contributed by atoms with Crippen molar-refractivity contribution >= 4 is 31.9 Å². The highest BCUT2D eigenvalue weighted by atomic mass is 79.9. The molecule has 0 saturated heterocycles. The van der Waals surface area contributed by atoms with Gasteiger partial charge in [-0.3, -0.25) is 0 Å². The Bertz CT molecular complexity index is 608. The van der Waals surface area contributed by atoms with Crippen LogP contribution in [0.2, 0.25) is 0 Å². The second kappa shape index (κ2) is 7.52. The summed E-state index contributed by atoms with van der Waals surface area (Å²) >= 11 is 7.02. The SMILES string of the molecule is CCNC(Cc1cc(F)cc(Br)c1)c1cccc(C)c1Br. The summed E-state index contributed by atoms with van der Waals surface area (Å²) < 4.78 is 15.4. The van der Waals surface area contributed by atoms with Crippen molar-refractivity contribution in [1.29, 1.82) is 0 Å². The maximum Gasteiger partial charge on any atom is 0.124 e. The van der Waals surface area contributed by atoms with Gasteiger partial charge >= 0.3 is 0 Å². The smallest absolute Gasteiger partial charge is 0.124 e. The summed E-state index contributed by atoms with van der Waals surface area (Å²) in [6, 6.07) is 11.4. The van der Waals surface area contributed by atoms with Crippen LogP contribution in [0.5, 0.6) is 0 Å². The van der Waals surface area contributed by atoms with Gasteiger partial charge in [0.25, 0.3) is 0 Å². The number of halogens is 3. The fourth-order valence-electron chi connectivity index (χ4n) is 2.44. The molecule has 2 rings (SSSR count). The van der Waals surface area contributed by atoms with Crippen molar-refractivity contribution in [3.8, 4) is 0 Å². The van der Waals surface area contributed by atoms with Crippen LogP contribution in [-0.4, -0.2) is 6.54 Å². The molecule has 0 fully saturated rings. The minimum Gasteiger partial charge on any atom is -0.310 e. The first-order valence-electron chi connectivity index (χ1n) is 6.94. The van der Waals surface area contributed by atoms with Crippen molar-refractivity contribution in [2.24, 2.45) is 0 Å². The van der Waals surface area contributed by atoms with Crippen molar-refractivity contribution in [1.82, 2.24) is 5.32 Å². The predicted molar refractivity (Wildman–Crippen MR) is 93.1 cm³/mol. The molecule has 4 heteroatoms. The summed E-state index contributed by atoms with van der Waals surface area (Å²) in [5, 5.41) is 3.49. The van der Waals surface area contributed by atoms with E-state index in [0.29, 0.717) is 0 Å². The molecule has 1 N–H and O–H groups in total. The molecule has 21 heavy (non-hydrogen) atoms. The largest absolute Gasteiger partial charge is 0.310 e. The lowest BCUT2D eigenvalue weighted by Gasteiger charge is -2.21. The Morgan fingerprint density at radius 2 is 1.95 bits per heavy atom. The van der Waals surface area contributed by atoms with E-state index >= 15 is 0 Å². The van der Waals surface area contributed by atoms with Crippen LogP contribution in [0.25, 0.3) is 0 Å². The number of hydrogen-bond donors (Lipinski definition) is 1. The van der Waals surface area contributed by atoms with E-state index in [-0.39, 0.29) is 11.9 Å². The molecule has 112 valence electrons. The molecule has 0 radical (unpaired) electrons. The van der Waals surface area contributed by atoms with Gasteiger partial charge in [-0.2, -0.15) is 0 Å². The highest BCUT2D eigenvalue weighted by Crippen LogP contribution is 2.29. The molecule has 1 atom stereocenters. The van der Waals surface area contributed by atoms with Gasteiger partial charge in [0.05, 0.1) is 0 Å². The molecule has 0 bridgehead atoms. The average Bonchev–Trinajstić information content (AvgIpc) is 2.40. The fraction of sp³-hybridized carbons (Fsp3) is 0.294. The fourth-order valence-corrected chi connectivity index (χ4v) is 3.50. The van der Waals surface area contributed by atoms with Crippen LogP contribution in [0.15, 0.2) is 45.3 Å². The molecule has 2 aromatic rings. The Labute approximate surface area is 142 Å². The normalized spacial score (nSPS) is 12.4. The summed E-state index contributed by atoms with van der Waals surface area (Å²) in [6.45, 7) is 5.02. The predicted octanol–water partition coefficient (Wildman–Crippen LogP) is 5.55. The second-order valence-electron chi connectivity index (χ2n) is 5.07. The van der Waals surface area contributed by atoms with Gasteiger partial charge in [0.15, 0.2) is 0 Å². The number of rotatable bonds is 5. The summed E-state index contributed by atoms with van der Waals surface area (Å²) in [5.41, 5.74) is 3.38. The van der Waals surface area contributed by atoms with Gasteiger partial charge in [0.2, 0.25) is 0 Å². The van der Waals surface area contributed by atoms with Crippen molar-refractivity contribution in [3.05, 3.63) is 67.9 Å². The first-order valence-corrected chi connectivity index (χ1v) is 8.53. The van der Waals surface area contributed by atoms with Crippen LogP contribution < -0.4 is 5.32 Å². The number of benzene rings is 2. The molecule has 0 aliphatic carbocycles. The maximum absolute atomic E-state index is 13.6. The van der Waals surface area contributed by atoms with Gasteiger partial charge in [-0.1, -0.05) is 57.0 Å². The third-order valence-corrected chi connectivity index (χ3v) is 4.95. The van der Waals surface area contributed by atoms with Crippen LogP contribution in [-0.2, 0) is 6.42 Å². The Kier molecular flexibility index (Phi) is 5.97. The minimum atomic E-state index is -0.210. The zero-order valence-corrected chi connectivity index (χ0v) is 15.3. The van der Waals surface area contributed by atoms with E-state index in [4.69, 9.17) is 0 Å². The highest BCUT2D eigenvalue weighted by Gasteiger charge is 2.16. The lowest BCUT2D eigenvalue weighted by atomic mass is 9.97. The molecule has 0 aliphatic heterocycles. The molecule has 0 amide bonds. The maximum atomic E-state index is 13.6. The molecule has 0 aromatic heterocycles. The topological polar surface area (TPSA) is 12.0 Å². The Morgan fingerprint density at radius 3 is 2.62 bits per heavy atom. The van der Waals surface area contributed by atoms with Crippen molar-refractivity contribution in [2.75, 3.05) is 6.54 Å². The van der Waals surface area contributed by atoms with Crippen molar-refractivity contribution in [3.63, 3.8) is 0 Å². The first-order chi connectivity index (χ1) is 10.0. The molecule has 0 heterocycles. The Hall–Kier alpha value is -0.710. The van der Waals surface area contributed by atoms with Crippen molar-refractivity contribution in [2.45, 2.75) is 26.3 Å². The van der Waals surface area contributed by atoms with Crippen LogP contribution in [0.1, 0.15) is 29.7 Å². The third-order valence-electron chi connectivity index (χ3n) is 3.41. The lowest BCUT2D eigenvalue weighted by Crippen LogP contribution is -2.23. The second-order valence-corrected chi connectivity index (χ2v) is 6.78. The van der Waals surface area contributed by atoms with Gasteiger partial charge < -0.3 is 5.32 Å². The minimum absolute atomic E-state index is 0.151. The average molecular weight is 415 g/mol. The van der Waals surface area contributed by atoms with Gasteiger partial charge in [-0.05, 0) is 54.8 Å². The molecular formula is C17H18Br2FN. The van der Waals surface area contributed by atoms with Gasteiger partial charge in [-0.25, -0.2) is 4.39 Å². The Morgan fingerprint density at radius 1 is 1.19 bits per heavy atom. The molecule has 1 unspecified atom stereocenters. The van der Waals surface area contributed by atoms with Gasteiger partial charge in [0, 0.05) is 15.0 Å². The van der Waals surface area contributed by atoms with E-state index in [0.717, 1.165) is 27.5 Å². The molecule has 2 aromatic carbocycles. The van der Waals surface area contributed by atoms with Crippen LogP contribution in [0.3, 0.4) is 0 Å². The van der Waals surface area contributed by atoms with E-state index in [1.165, 1.54) is 17.2 Å². The number of likely N-dealkylation sites (N-methyl/N-ethyl adjacent to an activating group) is 1. The van der Waals surface area contributed by atoms with E-state index < -0.39 is 0 Å². The summed E-state index contributed by atoms with van der Waals surface area (Å²) in [5.74, 6) is -0.210. The summed E-state index contributed by atoms with van der Waals surface area (Å²) in [4.78, 5) is 0. The van der Waals surface area contributed by atoms with Crippen LogP contribution >= 0.6 is 31.9 Å². The van der Waals surface area contributed by atoms with E-state index in [1.54, 1.807) is 6.07 Å². The zero-order valence-electron chi connectivity index (χ0n) is 12.1.